The molecule has 1 aromatic heterocycles. The Morgan fingerprint density at radius 2 is 2.20 bits per heavy atom. The predicted molar refractivity (Wildman–Crippen MR) is 81.0 cm³/mol. The minimum Gasteiger partial charge on any atom is -0.366 e. The monoisotopic (exact) mass is 288 g/mol. The molecule has 104 valence electrons. The van der Waals surface area contributed by atoms with Crippen molar-refractivity contribution in [2.24, 2.45) is 0 Å². The number of anilines is 1. The molecule has 5 heteroatoms. The van der Waals surface area contributed by atoms with Crippen LogP contribution in [0.2, 0.25) is 0 Å². The molecule has 1 amide bonds. The van der Waals surface area contributed by atoms with Gasteiger partial charge < -0.3 is 15.4 Å². The molecule has 2 N–H and O–H groups in total. The Hall–Kier alpha value is -1.69. The second-order valence-electron chi connectivity index (χ2n) is 4.58. The maximum absolute atomic E-state index is 12.2. The molecule has 20 heavy (non-hydrogen) atoms. The fourth-order valence-corrected chi connectivity index (χ4v) is 2.95. The van der Waals surface area contributed by atoms with Gasteiger partial charge in [0, 0.05) is 29.2 Å². The van der Waals surface area contributed by atoms with E-state index in [4.69, 9.17) is 4.74 Å². The van der Waals surface area contributed by atoms with E-state index < -0.39 is 6.10 Å². The minimum absolute atomic E-state index is 0.0961. The SMILES string of the molecule is O=C(Nc1ccccc1-c1cccs1)C1CNCCO1. The Bertz CT molecular complexity index is 577. The molecule has 0 saturated carbocycles. The van der Waals surface area contributed by atoms with Crippen molar-refractivity contribution in [3.8, 4) is 10.4 Å². The van der Waals surface area contributed by atoms with E-state index in [9.17, 15) is 4.79 Å². The van der Waals surface area contributed by atoms with Crippen molar-refractivity contribution in [2.45, 2.75) is 6.10 Å². The van der Waals surface area contributed by atoms with Crippen LogP contribution in [-0.2, 0) is 9.53 Å². The average molecular weight is 288 g/mol. The van der Waals surface area contributed by atoms with Gasteiger partial charge in [0.15, 0.2) is 0 Å². The van der Waals surface area contributed by atoms with Crippen LogP contribution in [0.3, 0.4) is 0 Å². The van der Waals surface area contributed by atoms with Crippen LogP contribution in [0, 0.1) is 0 Å². The lowest BCUT2D eigenvalue weighted by Gasteiger charge is -2.23. The summed E-state index contributed by atoms with van der Waals surface area (Å²) < 4.78 is 5.47. The van der Waals surface area contributed by atoms with Crippen LogP contribution in [0.5, 0.6) is 0 Å². The van der Waals surface area contributed by atoms with E-state index >= 15 is 0 Å². The third-order valence-corrected chi connectivity index (χ3v) is 4.09. The summed E-state index contributed by atoms with van der Waals surface area (Å²) in [6.45, 7) is 1.94. The summed E-state index contributed by atoms with van der Waals surface area (Å²) in [7, 11) is 0. The smallest absolute Gasteiger partial charge is 0.254 e. The molecule has 0 bridgehead atoms. The first kappa shape index (κ1) is 13.3. The van der Waals surface area contributed by atoms with Crippen LogP contribution in [0.25, 0.3) is 10.4 Å². The Kier molecular flexibility index (Phi) is 4.11. The number of carbonyl (C=O) groups is 1. The first-order chi connectivity index (χ1) is 9.84. The highest BCUT2D eigenvalue weighted by atomic mass is 32.1. The number of morpholine rings is 1. The topological polar surface area (TPSA) is 50.4 Å². The van der Waals surface area contributed by atoms with Gasteiger partial charge in [-0.25, -0.2) is 0 Å². The van der Waals surface area contributed by atoms with Crippen molar-refractivity contribution < 1.29 is 9.53 Å². The fourth-order valence-electron chi connectivity index (χ4n) is 2.19. The third kappa shape index (κ3) is 2.90. The number of hydrogen-bond donors (Lipinski definition) is 2. The highest BCUT2D eigenvalue weighted by Crippen LogP contribution is 2.31. The zero-order valence-electron chi connectivity index (χ0n) is 11.0. The molecule has 1 unspecified atom stereocenters. The van der Waals surface area contributed by atoms with E-state index in [-0.39, 0.29) is 5.91 Å². The molecule has 1 aliphatic rings. The number of carbonyl (C=O) groups excluding carboxylic acids is 1. The lowest BCUT2D eigenvalue weighted by Crippen LogP contribution is -2.45. The number of para-hydroxylation sites is 1. The van der Waals surface area contributed by atoms with Gasteiger partial charge in [-0.1, -0.05) is 24.3 Å². The Balaban J connectivity index is 1.79. The Morgan fingerprint density at radius 3 is 2.95 bits per heavy atom. The van der Waals surface area contributed by atoms with Crippen molar-refractivity contribution in [1.82, 2.24) is 5.32 Å². The first-order valence-corrected chi connectivity index (χ1v) is 7.48. The van der Waals surface area contributed by atoms with Crippen LogP contribution in [0.15, 0.2) is 41.8 Å². The van der Waals surface area contributed by atoms with Gasteiger partial charge in [0.05, 0.1) is 6.61 Å². The standard InChI is InChI=1S/C15H16N2O2S/c18-15(13-10-16-7-8-19-13)17-12-5-2-1-4-11(12)14-6-3-9-20-14/h1-6,9,13,16H,7-8,10H2,(H,17,18). The Labute approximate surface area is 121 Å². The number of thiophene rings is 1. The number of ether oxygens (including phenoxy) is 1. The van der Waals surface area contributed by atoms with Gasteiger partial charge >= 0.3 is 0 Å². The number of amides is 1. The number of nitrogens with one attached hydrogen (secondary N) is 2. The van der Waals surface area contributed by atoms with Crippen molar-refractivity contribution in [2.75, 3.05) is 25.0 Å². The summed E-state index contributed by atoms with van der Waals surface area (Å²) in [5, 5.41) is 8.16. The minimum atomic E-state index is -0.417. The average Bonchev–Trinajstić information content (AvgIpc) is 3.03. The van der Waals surface area contributed by atoms with Crippen LogP contribution >= 0.6 is 11.3 Å². The van der Waals surface area contributed by atoms with E-state index in [2.05, 4.69) is 10.6 Å². The lowest BCUT2D eigenvalue weighted by atomic mass is 10.1. The summed E-state index contributed by atoms with van der Waals surface area (Å²) in [6.07, 6.45) is -0.417. The molecule has 1 aromatic carbocycles. The van der Waals surface area contributed by atoms with Gasteiger partial charge in [-0.2, -0.15) is 0 Å². The highest BCUT2D eigenvalue weighted by molar-refractivity contribution is 7.13. The van der Waals surface area contributed by atoms with Gasteiger partial charge in [0.25, 0.3) is 5.91 Å². The zero-order valence-corrected chi connectivity index (χ0v) is 11.8. The summed E-state index contributed by atoms with van der Waals surface area (Å²) in [5.74, 6) is -0.0961. The normalized spacial score (nSPS) is 18.7. The summed E-state index contributed by atoms with van der Waals surface area (Å²) >= 11 is 1.66. The van der Waals surface area contributed by atoms with Crippen LogP contribution in [0.1, 0.15) is 0 Å². The van der Waals surface area contributed by atoms with E-state index in [0.717, 1.165) is 22.7 Å². The first-order valence-electron chi connectivity index (χ1n) is 6.61. The lowest BCUT2D eigenvalue weighted by molar-refractivity contribution is -0.128. The number of hydrogen-bond acceptors (Lipinski definition) is 4. The van der Waals surface area contributed by atoms with Crippen molar-refractivity contribution in [3.63, 3.8) is 0 Å². The molecule has 1 fully saturated rings. The van der Waals surface area contributed by atoms with Gasteiger partial charge in [-0.15, -0.1) is 11.3 Å². The zero-order chi connectivity index (χ0) is 13.8. The summed E-state index contributed by atoms with van der Waals surface area (Å²) in [5.41, 5.74) is 1.87. The van der Waals surface area contributed by atoms with E-state index in [1.165, 1.54) is 0 Å². The molecule has 3 rings (SSSR count). The molecular formula is C15H16N2O2S. The largest absolute Gasteiger partial charge is 0.366 e. The maximum atomic E-state index is 12.2. The Morgan fingerprint density at radius 1 is 1.30 bits per heavy atom. The van der Waals surface area contributed by atoms with E-state index in [0.29, 0.717) is 13.2 Å². The van der Waals surface area contributed by atoms with Crippen LogP contribution in [-0.4, -0.2) is 31.7 Å². The van der Waals surface area contributed by atoms with Crippen molar-refractivity contribution in [1.29, 1.82) is 0 Å². The quantitative estimate of drug-likeness (QED) is 0.911. The van der Waals surface area contributed by atoms with Gasteiger partial charge in [0.2, 0.25) is 0 Å². The molecule has 0 radical (unpaired) electrons. The molecule has 2 aromatic rings. The highest BCUT2D eigenvalue weighted by Gasteiger charge is 2.22. The molecule has 4 nitrogen and oxygen atoms in total. The van der Waals surface area contributed by atoms with Crippen molar-refractivity contribution >= 4 is 22.9 Å². The molecule has 1 saturated heterocycles. The van der Waals surface area contributed by atoms with Crippen molar-refractivity contribution in [3.05, 3.63) is 41.8 Å². The van der Waals surface area contributed by atoms with Crippen LogP contribution in [0.4, 0.5) is 5.69 Å². The maximum Gasteiger partial charge on any atom is 0.254 e. The van der Waals surface area contributed by atoms with Gasteiger partial charge in [-0.05, 0) is 17.5 Å². The van der Waals surface area contributed by atoms with Gasteiger partial charge in [0.1, 0.15) is 6.10 Å². The summed E-state index contributed by atoms with van der Waals surface area (Å²) in [4.78, 5) is 13.4. The van der Waals surface area contributed by atoms with E-state index in [1.807, 2.05) is 41.8 Å². The van der Waals surface area contributed by atoms with Crippen LogP contribution < -0.4 is 10.6 Å². The predicted octanol–water partition coefficient (Wildman–Crippen LogP) is 2.34. The molecule has 1 atom stereocenters. The molecule has 2 heterocycles. The number of benzene rings is 1. The second kappa shape index (κ2) is 6.17. The molecule has 0 spiro atoms. The molecule has 0 aliphatic carbocycles. The number of rotatable bonds is 3. The van der Waals surface area contributed by atoms with Gasteiger partial charge in [-0.3, -0.25) is 4.79 Å². The molecule has 1 aliphatic heterocycles. The molecular weight excluding hydrogens is 272 g/mol. The van der Waals surface area contributed by atoms with E-state index in [1.54, 1.807) is 11.3 Å². The second-order valence-corrected chi connectivity index (χ2v) is 5.52. The third-order valence-electron chi connectivity index (χ3n) is 3.19. The summed E-state index contributed by atoms with van der Waals surface area (Å²) in [6, 6.07) is 11.9. The fraction of sp³-hybridized carbons (Fsp3) is 0.267.